The number of amidine groups is 1. The highest BCUT2D eigenvalue weighted by atomic mass is 32.2. The molecule has 0 fully saturated rings. The van der Waals surface area contributed by atoms with Crippen molar-refractivity contribution in [2.24, 2.45) is 10.7 Å². The third kappa shape index (κ3) is 4.04. The maximum absolute atomic E-state index is 12.8. The Balaban J connectivity index is 1.81. The van der Waals surface area contributed by atoms with E-state index < -0.39 is 0 Å². The number of nitrogens with two attached hydrogens (primary N) is 1. The van der Waals surface area contributed by atoms with Crippen LogP contribution in [0.2, 0.25) is 0 Å². The SMILES string of the molecule is CN(Cc1ccccc1)C(=O)c1cccc(C2(C)CCSC(N)=N2)c1. The van der Waals surface area contributed by atoms with Crippen molar-refractivity contribution in [3.8, 4) is 0 Å². The summed E-state index contributed by atoms with van der Waals surface area (Å²) in [6.45, 7) is 2.67. The summed E-state index contributed by atoms with van der Waals surface area (Å²) in [5.41, 5.74) is 8.40. The molecule has 2 aromatic carbocycles. The van der Waals surface area contributed by atoms with Gasteiger partial charge in [0.1, 0.15) is 0 Å². The second kappa shape index (κ2) is 7.31. The van der Waals surface area contributed by atoms with E-state index in [9.17, 15) is 4.79 Å². The Morgan fingerprint density at radius 2 is 2.00 bits per heavy atom. The highest BCUT2D eigenvalue weighted by Crippen LogP contribution is 2.35. The first-order valence-electron chi connectivity index (χ1n) is 8.36. The number of carbonyl (C=O) groups is 1. The normalized spacial score (nSPS) is 20.0. The zero-order chi connectivity index (χ0) is 17.9. The van der Waals surface area contributed by atoms with E-state index in [1.807, 2.05) is 61.6 Å². The minimum Gasteiger partial charge on any atom is -0.379 e. The lowest BCUT2D eigenvalue weighted by Crippen LogP contribution is -2.30. The molecule has 0 saturated carbocycles. The van der Waals surface area contributed by atoms with Gasteiger partial charge in [-0.3, -0.25) is 9.79 Å². The summed E-state index contributed by atoms with van der Waals surface area (Å²) in [6.07, 6.45) is 0.913. The average molecular weight is 353 g/mol. The van der Waals surface area contributed by atoms with Crippen LogP contribution >= 0.6 is 11.8 Å². The predicted octanol–water partition coefficient (Wildman–Crippen LogP) is 3.63. The van der Waals surface area contributed by atoms with Crippen molar-refractivity contribution < 1.29 is 4.79 Å². The summed E-state index contributed by atoms with van der Waals surface area (Å²) in [5.74, 6) is 0.953. The zero-order valence-electron chi connectivity index (χ0n) is 14.6. The number of aliphatic imine (C=N–C) groups is 1. The number of amides is 1. The van der Waals surface area contributed by atoms with Gasteiger partial charge in [0, 0.05) is 24.9 Å². The molecule has 4 nitrogen and oxygen atoms in total. The first kappa shape index (κ1) is 17.5. The molecule has 3 rings (SSSR count). The molecule has 0 aliphatic carbocycles. The van der Waals surface area contributed by atoms with E-state index in [0.717, 1.165) is 23.3 Å². The van der Waals surface area contributed by atoms with Gasteiger partial charge in [-0.1, -0.05) is 54.2 Å². The van der Waals surface area contributed by atoms with Crippen molar-refractivity contribution in [1.82, 2.24) is 4.90 Å². The third-order valence-corrected chi connectivity index (χ3v) is 5.33. The first-order valence-corrected chi connectivity index (χ1v) is 9.34. The van der Waals surface area contributed by atoms with Gasteiger partial charge in [0.25, 0.3) is 5.91 Å². The number of rotatable bonds is 4. The Hall–Kier alpha value is -2.27. The summed E-state index contributed by atoms with van der Waals surface area (Å²) in [5, 5.41) is 0.617. The molecule has 0 spiro atoms. The van der Waals surface area contributed by atoms with E-state index in [1.54, 1.807) is 16.7 Å². The summed E-state index contributed by atoms with van der Waals surface area (Å²) in [4.78, 5) is 19.2. The van der Waals surface area contributed by atoms with Crippen LogP contribution in [0.3, 0.4) is 0 Å². The lowest BCUT2D eigenvalue weighted by atomic mass is 9.88. The van der Waals surface area contributed by atoms with Gasteiger partial charge >= 0.3 is 0 Å². The van der Waals surface area contributed by atoms with Crippen molar-refractivity contribution in [2.75, 3.05) is 12.8 Å². The standard InChI is InChI=1S/C20H23N3OS/c1-20(11-12-25-19(21)22-20)17-10-6-9-16(13-17)18(24)23(2)14-15-7-4-3-5-8-15/h3-10,13H,11-12,14H2,1-2H3,(H2,21,22). The number of thioether (sulfide) groups is 1. The number of nitrogens with zero attached hydrogens (tertiary/aromatic N) is 2. The van der Waals surface area contributed by atoms with Gasteiger partial charge in [0.2, 0.25) is 0 Å². The Morgan fingerprint density at radius 3 is 2.72 bits per heavy atom. The van der Waals surface area contributed by atoms with E-state index in [-0.39, 0.29) is 11.4 Å². The molecule has 1 heterocycles. The van der Waals surface area contributed by atoms with Crippen LogP contribution in [-0.4, -0.2) is 28.8 Å². The number of hydrogen-bond donors (Lipinski definition) is 1. The van der Waals surface area contributed by atoms with E-state index >= 15 is 0 Å². The molecular formula is C20H23N3OS. The summed E-state index contributed by atoms with van der Waals surface area (Å²) < 4.78 is 0. The molecule has 5 heteroatoms. The Morgan fingerprint density at radius 1 is 1.24 bits per heavy atom. The molecular weight excluding hydrogens is 330 g/mol. The molecule has 0 bridgehead atoms. The van der Waals surface area contributed by atoms with Crippen LogP contribution in [0.1, 0.15) is 34.8 Å². The van der Waals surface area contributed by atoms with Gasteiger partial charge in [-0.15, -0.1) is 0 Å². The Kier molecular flexibility index (Phi) is 5.13. The van der Waals surface area contributed by atoms with E-state index in [0.29, 0.717) is 17.3 Å². The second-order valence-electron chi connectivity index (χ2n) is 6.55. The van der Waals surface area contributed by atoms with Gasteiger partial charge in [0.15, 0.2) is 5.17 Å². The summed E-state index contributed by atoms with van der Waals surface area (Å²) in [6, 6.07) is 17.8. The second-order valence-corrected chi connectivity index (χ2v) is 7.67. The van der Waals surface area contributed by atoms with Gasteiger partial charge in [-0.05, 0) is 36.6 Å². The zero-order valence-corrected chi connectivity index (χ0v) is 15.4. The Bertz CT molecular complexity index is 791. The quantitative estimate of drug-likeness (QED) is 0.913. The van der Waals surface area contributed by atoms with Crippen molar-refractivity contribution in [3.63, 3.8) is 0 Å². The minimum atomic E-state index is -0.358. The predicted molar refractivity (Wildman–Crippen MR) is 105 cm³/mol. The molecule has 25 heavy (non-hydrogen) atoms. The fraction of sp³-hybridized carbons (Fsp3) is 0.300. The molecule has 0 saturated heterocycles. The topological polar surface area (TPSA) is 58.7 Å². The molecule has 1 amide bonds. The molecule has 1 aliphatic rings. The lowest BCUT2D eigenvalue weighted by Gasteiger charge is -2.30. The minimum absolute atomic E-state index is 0.0106. The van der Waals surface area contributed by atoms with Crippen LogP contribution in [0.25, 0.3) is 0 Å². The number of hydrogen-bond acceptors (Lipinski definition) is 4. The van der Waals surface area contributed by atoms with Crippen LogP contribution in [0, 0.1) is 0 Å². The lowest BCUT2D eigenvalue weighted by molar-refractivity contribution is 0.0785. The van der Waals surface area contributed by atoms with E-state index in [1.165, 1.54) is 0 Å². The largest absolute Gasteiger partial charge is 0.379 e. The molecule has 130 valence electrons. The smallest absolute Gasteiger partial charge is 0.253 e. The highest BCUT2D eigenvalue weighted by Gasteiger charge is 2.30. The van der Waals surface area contributed by atoms with Gasteiger partial charge in [-0.2, -0.15) is 0 Å². The number of benzene rings is 2. The summed E-state index contributed by atoms with van der Waals surface area (Å²) >= 11 is 1.58. The van der Waals surface area contributed by atoms with Crippen LogP contribution in [0.15, 0.2) is 59.6 Å². The van der Waals surface area contributed by atoms with Crippen LogP contribution < -0.4 is 5.73 Å². The van der Waals surface area contributed by atoms with Crippen LogP contribution in [0.4, 0.5) is 0 Å². The molecule has 2 N–H and O–H groups in total. The molecule has 0 radical (unpaired) electrons. The number of carbonyl (C=O) groups excluding carboxylic acids is 1. The van der Waals surface area contributed by atoms with Gasteiger partial charge in [-0.25, -0.2) is 0 Å². The summed E-state index contributed by atoms with van der Waals surface area (Å²) in [7, 11) is 1.83. The van der Waals surface area contributed by atoms with E-state index in [2.05, 4.69) is 11.9 Å². The van der Waals surface area contributed by atoms with Crippen molar-refractivity contribution >= 4 is 22.8 Å². The van der Waals surface area contributed by atoms with Crippen molar-refractivity contribution in [2.45, 2.75) is 25.4 Å². The fourth-order valence-corrected chi connectivity index (χ4v) is 4.01. The van der Waals surface area contributed by atoms with Gasteiger partial charge in [0.05, 0.1) is 5.54 Å². The molecule has 2 aromatic rings. The maximum Gasteiger partial charge on any atom is 0.253 e. The molecule has 0 aromatic heterocycles. The molecule has 1 unspecified atom stereocenters. The fourth-order valence-electron chi connectivity index (χ4n) is 3.03. The van der Waals surface area contributed by atoms with Crippen molar-refractivity contribution in [3.05, 3.63) is 71.3 Å². The van der Waals surface area contributed by atoms with Crippen LogP contribution in [-0.2, 0) is 12.1 Å². The maximum atomic E-state index is 12.8. The Labute approximate surface area is 153 Å². The van der Waals surface area contributed by atoms with Crippen LogP contribution in [0.5, 0.6) is 0 Å². The molecule has 1 atom stereocenters. The van der Waals surface area contributed by atoms with Crippen molar-refractivity contribution in [1.29, 1.82) is 0 Å². The van der Waals surface area contributed by atoms with Gasteiger partial charge < -0.3 is 10.6 Å². The molecule has 1 aliphatic heterocycles. The average Bonchev–Trinajstić information content (AvgIpc) is 2.62. The highest BCUT2D eigenvalue weighted by molar-refractivity contribution is 8.13. The third-order valence-electron chi connectivity index (χ3n) is 4.54. The first-order chi connectivity index (χ1) is 12.0. The monoisotopic (exact) mass is 353 g/mol. The van der Waals surface area contributed by atoms with E-state index in [4.69, 9.17) is 5.73 Å².